The highest BCUT2D eigenvalue weighted by Crippen LogP contribution is 2.02. The maximum Gasteiger partial charge on any atom is 0.320 e. The molecule has 6 nitrogen and oxygen atoms in total. The van der Waals surface area contributed by atoms with Gasteiger partial charge in [-0.25, -0.2) is 0 Å². The molecule has 2 atom stereocenters. The second-order valence-electron chi connectivity index (χ2n) is 5.21. The van der Waals surface area contributed by atoms with E-state index >= 15 is 0 Å². The van der Waals surface area contributed by atoms with E-state index in [4.69, 9.17) is 21.7 Å². The Morgan fingerprint density at radius 2 is 1.48 bits per heavy atom. The van der Waals surface area contributed by atoms with Crippen LogP contribution in [0, 0.1) is 5.92 Å². The van der Waals surface area contributed by atoms with Crippen LogP contribution in [0.5, 0.6) is 0 Å². The van der Waals surface area contributed by atoms with E-state index in [2.05, 4.69) is 0 Å². The Hall–Kier alpha value is -1.92. The highest BCUT2D eigenvalue weighted by atomic mass is 16.4. The van der Waals surface area contributed by atoms with Crippen LogP contribution in [-0.4, -0.2) is 34.2 Å². The van der Waals surface area contributed by atoms with Crippen molar-refractivity contribution in [3.63, 3.8) is 0 Å². The Morgan fingerprint density at radius 3 is 1.81 bits per heavy atom. The first-order chi connectivity index (χ1) is 9.73. The minimum absolute atomic E-state index is 0.357. The van der Waals surface area contributed by atoms with Crippen LogP contribution < -0.4 is 11.5 Å². The lowest BCUT2D eigenvalue weighted by molar-refractivity contribution is -0.139. The summed E-state index contributed by atoms with van der Waals surface area (Å²) in [6.07, 6.45) is 0.936. The Balaban J connectivity index is 0.000000400. The summed E-state index contributed by atoms with van der Waals surface area (Å²) in [4.78, 5) is 20.5. The third-order valence-electron chi connectivity index (χ3n) is 2.66. The van der Waals surface area contributed by atoms with Crippen molar-refractivity contribution in [3.05, 3.63) is 35.9 Å². The number of hydrogen-bond acceptors (Lipinski definition) is 4. The molecule has 0 saturated carbocycles. The van der Waals surface area contributed by atoms with Gasteiger partial charge in [-0.3, -0.25) is 9.59 Å². The molecular weight excluding hydrogens is 272 g/mol. The minimum Gasteiger partial charge on any atom is -0.480 e. The normalized spacial score (nSPS) is 13.0. The van der Waals surface area contributed by atoms with Gasteiger partial charge in [-0.2, -0.15) is 0 Å². The average Bonchev–Trinajstić information content (AvgIpc) is 2.39. The summed E-state index contributed by atoms with van der Waals surface area (Å²) >= 11 is 0. The SMILES string of the molecule is CC(C)C[C@H](N)C(=O)O.N[C@H](Cc1ccccc1)C(=O)O. The van der Waals surface area contributed by atoms with Crippen molar-refractivity contribution < 1.29 is 19.8 Å². The van der Waals surface area contributed by atoms with Crippen LogP contribution in [0.3, 0.4) is 0 Å². The first-order valence-corrected chi connectivity index (χ1v) is 6.74. The Morgan fingerprint density at radius 1 is 1.00 bits per heavy atom. The second kappa shape index (κ2) is 9.90. The highest BCUT2D eigenvalue weighted by Gasteiger charge is 2.12. The van der Waals surface area contributed by atoms with E-state index < -0.39 is 24.0 Å². The summed E-state index contributed by atoms with van der Waals surface area (Å²) in [7, 11) is 0. The van der Waals surface area contributed by atoms with Gasteiger partial charge in [0.25, 0.3) is 0 Å². The predicted molar refractivity (Wildman–Crippen MR) is 80.8 cm³/mol. The van der Waals surface area contributed by atoms with Gasteiger partial charge in [-0.1, -0.05) is 44.2 Å². The van der Waals surface area contributed by atoms with Crippen molar-refractivity contribution >= 4 is 11.9 Å². The van der Waals surface area contributed by atoms with E-state index in [0.717, 1.165) is 5.56 Å². The summed E-state index contributed by atoms with van der Waals surface area (Å²) in [6, 6.07) is 7.85. The van der Waals surface area contributed by atoms with Crippen molar-refractivity contribution in [3.8, 4) is 0 Å². The van der Waals surface area contributed by atoms with Crippen molar-refractivity contribution in [1.29, 1.82) is 0 Å². The summed E-state index contributed by atoms with van der Waals surface area (Å²) < 4.78 is 0. The Labute approximate surface area is 124 Å². The number of hydrogen-bond donors (Lipinski definition) is 4. The maximum absolute atomic E-state index is 10.4. The lowest BCUT2D eigenvalue weighted by atomic mass is 10.1. The molecule has 0 aliphatic rings. The van der Waals surface area contributed by atoms with E-state index in [1.54, 1.807) is 0 Å². The number of carboxylic acid groups (broad SMARTS) is 2. The summed E-state index contributed by atoms with van der Waals surface area (Å²) in [5, 5.41) is 16.8. The first kappa shape index (κ1) is 19.1. The molecule has 0 spiro atoms. The third kappa shape index (κ3) is 9.59. The number of benzene rings is 1. The fraction of sp³-hybridized carbons (Fsp3) is 0.467. The van der Waals surface area contributed by atoms with Crippen LogP contribution >= 0.6 is 0 Å². The number of rotatable bonds is 6. The summed E-state index contributed by atoms with van der Waals surface area (Å²) in [6.45, 7) is 3.89. The molecule has 0 amide bonds. The second-order valence-corrected chi connectivity index (χ2v) is 5.21. The fourth-order valence-corrected chi connectivity index (χ4v) is 1.56. The summed E-state index contributed by atoms with van der Waals surface area (Å²) in [5.74, 6) is -1.52. The van der Waals surface area contributed by atoms with Crippen molar-refractivity contribution in [2.24, 2.45) is 17.4 Å². The van der Waals surface area contributed by atoms with Crippen molar-refractivity contribution in [2.75, 3.05) is 0 Å². The average molecular weight is 296 g/mol. The molecule has 0 radical (unpaired) electrons. The predicted octanol–water partition coefficient (Wildman–Crippen LogP) is 1.09. The largest absolute Gasteiger partial charge is 0.480 e. The van der Waals surface area contributed by atoms with Crippen LogP contribution in [0.25, 0.3) is 0 Å². The molecule has 1 aromatic carbocycles. The molecule has 6 heteroatoms. The molecule has 0 aliphatic heterocycles. The lowest BCUT2D eigenvalue weighted by Crippen LogP contribution is -2.32. The smallest absolute Gasteiger partial charge is 0.320 e. The monoisotopic (exact) mass is 296 g/mol. The molecular formula is C15H24N2O4. The zero-order valence-corrected chi connectivity index (χ0v) is 12.4. The molecule has 1 rings (SSSR count). The lowest BCUT2D eigenvalue weighted by Gasteiger charge is -2.07. The van der Waals surface area contributed by atoms with Gasteiger partial charge in [-0.15, -0.1) is 0 Å². The molecule has 118 valence electrons. The Bertz CT molecular complexity index is 435. The third-order valence-corrected chi connectivity index (χ3v) is 2.66. The van der Waals surface area contributed by atoms with Gasteiger partial charge in [0.1, 0.15) is 12.1 Å². The van der Waals surface area contributed by atoms with Gasteiger partial charge < -0.3 is 21.7 Å². The van der Waals surface area contributed by atoms with Gasteiger partial charge in [0.05, 0.1) is 0 Å². The highest BCUT2D eigenvalue weighted by molar-refractivity contribution is 5.73. The van der Waals surface area contributed by atoms with E-state index in [1.165, 1.54) is 0 Å². The Kier molecular flexibility index (Phi) is 9.00. The number of carboxylic acids is 2. The number of carbonyl (C=O) groups is 2. The van der Waals surface area contributed by atoms with Gasteiger partial charge in [0, 0.05) is 0 Å². The van der Waals surface area contributed by atoms with Crippen LogP contribution in [0.15, 0.2) is 30.3 Å². The molecule has 0 aliphatic carbocycles. The summed E-state index contributed by atoms with van der Waals surface area (Å²) in [5.41, 5.74) is 11.5. The standard InChI is InChI=1S/C9H11NO2.C6H13NO2/c10-8(9(11)12)6-7-4-2-1-3-5-7;1-4(2)3-5(7)6(8)9/h1-5,8H,6,10H2,(H,11,12);4-5H,3,7H2,1-2H3,(H,8,9)/t8-;5-/m10/s1. The van der Waals surface area contributed by atoms with Gasteiger partial charge in [-0.05, 0) is 24.3 Å². The van der Waals surface area contributed by atoms with Crippen molar-refractivity contribution in [1.82, 2.24) is 0 Å². The van der Waals surface area contributed by atoms with Gasteiger partial charge in [0.15, 0.2) is 0 Å². The molecule has 0 bridgehead atoms. The van der Waals surface area contributed by atoms with E-state index in [9.17, 15) is 9.59 Å². The zero-order chi connectivity index (χ0) is 16.4. The number of nitrogens with two attached hydrogens (primary N) is 2. The molecule has 0 aromatic heterocycles. The van der Waals surface area contributed by atoms with E-state index in [-0.39, 0.29) is 0 Å². The molecule has 0 fully saturated rings. The molecule has 0 heterocycles. The van der Waals surface area contributed by atoms with E-state index in [0.29, 0.717) is 18.8 Å². The molecule has 0 unspecified atom stereocenters. The molecule has 0 saturated heterocycles. The maximum atomic E-state index is 10.4. The van der Waals surface area contributed by atoms with Crippen LogP contribution in [0.1, 0.15) is 25.8 Å². The molecule has 6 N–H and O–H groups in total. The van der Waals surface area contributed by atoms with Crippen molar-refractivity contribution in [2.45, 2.75) is 38.8 Å². The number of aliphatic carboxylic acids is 2. The van der Waals surface area contributed by atoms with E-state index in [1.807, 2.05) is 44.2 Å². The quantitative estimate of drug-likeness (QED) is 0.622. The zero-order valence-electron chi connectivity index (χ0n) is 12.4. The van der Waals surface area contributed by atoms with Crippen LogP contribution in [0.4, 0.5) is 0 Å². The topological polar surface area (TPSA) is 127 Å². The molecule has 21 heavy (non-hydrogen) atoms. The first-order valence-electron chi connectivity index (χ1n) is 6.74. The fourth-order valence-electron chi connectivity index (χ4n) is 1.56. The minimum atomic E-state index is -0.959. The van der Waals surface area contributed by atoms with Crippen LogP contribution in [-0.2, 0) is 16.0 Å². The van der Waals surface area contributed by atoms with Gasteiger partial charge >= 0.3 is 11.9 Å². The van der Waals surface area contributed by atoms with Gasteiger partial charge in [0.2, 0.25) is 0 Å². The molecule has 1 aromatic rings. The van der Waals surface area contributed by atoms with Crippen LogP contribution in [0.2, 0.25) is 0 Å².